The topological polar surface area (TPSA) is 76.4 Å². The van der Waals surface area contributed by atoms with Gasteiger partial charge in [-0.25, -0.2) is 0 Å². The first-order chi connectivity index (χ1) is 7.63. The minimum absolute atomic E-state index is 0.0553. The number of hydrogen-bond acceptors (Lipinski definition) is 5. The molecule has 0 fully saturated rings. The molecule has 0 atom stereocenters. The molecule has 5 heteroatoms. The first-order valence-electron chi connectivity index (χ1n) is 5.02. The molecule has 0 aromatic carbocycles. The van der Waals surface area contributed by atoms with Gasteiger partial charge < -0.3 is 9.47 Å². The first kappa shape index (κ1) is 14.2. The zero-order chi connectivity index (χ0) is 12.4. The van der Waals surface area contributed by atoms with E-state index in [4.69, 9.17) is 14.7 Å². The fourth-order valence-corrected chi connectivity index (χ4v) is 1.05. The van der Waals surface area contributed by atoms with Gasteiger partial charge in [0.05, 0.1) is 32.1 Å². The zero-order valence-corrected chi connectivity index (χ0v) is 9.49. The lowest BCUT2D eigenvalue weighted by molar-refractivity contribution is -0.143. The Kier molecular flexibility index (Phi) is 7.51. The van der Waals surface area contributed by atoms with E-state index in [2.05, 4.69) is 0 Å². The normalized spacial score (nSPS) is 8.81. The van der Waals surface area contributed by atoms with Gasteiger partial charge in [-0.15, -0.1) is 0 Å². The Balaban J connectivity index is 4.30. The molecule has 0 unspecified atom stereocenters. The van der Waals surface area contributed by atoms with Gasteiger partial charge in [-0.2, -0.15) is 5.26 Å². The van der Waals surface area contributed by atoms with E-state index in [1.54, 1.807) is 19.9 Å². The van der Waals surface area contributed by atoms with E-state index in [0.29, 0.717) is 5.57 Å². The standard InChI is InChI=1S/C11H15NO4/c1-3-15-10(13)7-9(5-6-12)8-11(14)16-4-2/h5H,3-4,7-8H2,1-2H3. The Bertz CT molecular complexity index is 292. The summed E-state index contributed by atoms with van der Waals surface area (Å²) in [7, 11) is 0. The van der Waals surface area contributed by atoms with Crippen molar-refractivity contribution >= 4 is 11.9 Å². The number of rotatable bonds is 6. The van der Waals surface area contributed by atoms with Gasteiger partial charge in [-0.05, 0) is 19.4 Å². The van der Waals surface area contributed by atoms with Crippen LogP contribution in [-0.2, 0) is 19.1 Å². The molecule has 0 radical (unpaired) electrons. The Morgan fingerprint density at radius 1 is 1.12 bits per heavy atom. The summed E-state index contributed by atoms with van der Waals surface area (Å²) in [6, 6.07) is 1.79. The molecule has 0 aliphatic rings. The van der Waals surface area contributed by atoms with Crippen LogP contribution in [0.3, 0.4) is 0 Å². The number of esters is 2. The highest BCUT2D eigenvalue weighted by Gasteiger charge is 2.11. The summed E-state index contributed by atoms with van der Waals surface area (Å²) in [4.78, 5) is 22.3. The van der Waals surface area contributed by atoms with Crippen LogP contribution in [0.5, 0.6) is 0 Å². The van der Waals surface area contributed by atoms with Crippen molar-refractivity contribution in [2.75, 3.05) is 13.2 Å². The second kappa shape index (κ2) is 8.48. The van der Waals surface area contributed by atoms with Gasteiger partial charge >= 0.3 is 11.9 Å². The molecule has 0 N–H and O–H groups in total. The third kappa shape index (κ3) is 6.60. The SMILES string of the molecule is CCOC(=O)CC(=CC#N)CC(=O)OCC. The summed E-state index contributed by atoms with van der Waals surface area (Å²) in [5.74, 6) is -0.901. The van der Waals surface area contributed by atoms with Crippen LogP contribution < -0.4 is 0 Å². The van der Waals surface area contributed by atoms with E-state index >= 15 is 0 Å². The maximum absolute atomic E-state index is 11.1. The highest BCUT2D eigenvalue weighted by Crippen LogP contribution is 2.09. The van der Waals surface area contributed by atoms with Crippen LogP contribution in [0.4, 0.5) is 0 Å². The van der Waals surface area contributed by atoms with Crippen LogP contribution >= 0.6 is 0 Å². The Morgan fingerprint density at radius 3 is 1.88 bits per heavy atom. The van der Waals surface area contributed by atoms with Crippen LogP contribution in [0, 0.1) is 11.3 Å². The van der Waals surface area contributed by atoms with Crippen molar-refractivity contribution < 1.29 is 19.1 Å². The van der Waals surface area contributed by atoms with Crippen molar-refractivity contribution in [3.05, 3.63) is 11.6 Å². The molecule has 0 aliphatic heterocycles. The van der Waals surface area contributed by atoms with Crippen LogP contribution in [0.25, 0.3) is 0 Å². The predicted molar refractivity (Wildman–Crippen MR) is 56.2 cm³/mol. The fraction of sp³-hybridized carbons (Fsp3) is 0.545. The molecular formula is C11H15NO4. The molecule has 0 saturated heterocycles. The number of allylic oxidation sites excluding steroid dienone is 1. The number of nitriles is 1. The van der Waals surface area contributed by atoms with E-state index in [9.17, 15) is 9.59 Å². The average Bonchev–Trinajstić information content (AvgIpc) is 2.18. The average molecular weight is 225 g/mol. The van der Waals surface area contributed by atoms with E-state index < -0.39 is 11.9 Å². The van der Waals surface area contributed by atoms with Crippen LogP contribution in [0.1, 0.15) is 26.7 Å². The maximum atomic E-state index is 11.1. The zero-order valence-electron chi connectivity index (χ0n) is 9.49. The molecule has 0 aliphatic carbocycles. The van der Waals surface area contributed by atoms with Crippen LogP contribution in [0.15, 0.2) is 11.6 Å². The summed E-state index contributed by atoms with van der Waals surface area (Å²) in [5.41, 5.74) is 0.402. The van der Waals surface area contributed by atoms with Gasteiger partial charge in [0.15, 0.2) is 0 Å². The van der Waals surface area contributed by atoms with Gasteiger partial charge in [-0.3, -0.25) is 9.59 Å². The first-order valence-corrected chi connectivity index (χ1v) is 5.02. The lowest BCUT2D eigenvalue weighted by Gasteiger charge is -2.05. The quantitative estimate of drug-likeness (QED) is 0.503. The molecule has 88 valence electrons. The minimum Gasteiger partial charge on any atom is -0.466 e. The monoisotopic (exact) mass is 225 g/mol. The summed E-state index contributed by atoms with van der Waals surface area (Å²) in [6.45, 7) is 3.93. The van der Waals surface area contributed by atoms with E-state index in [1.807, 2.05) is 0 Å². The third-order valence-electron chi connectivity index (χ3n) is 1.62. The number of hydrogen-bond donors (Lipinski definition) is 0. The second-order valence-corrected chi connectivity index (χ2v) is 2.90. The summed E-state index contributed by atoms with van der Waals surface area (Å²) < 4.78 is 9.44. The molecule has 0 aromatic heterocycles. The second-order valence-electron chi connectivity index (χ2n) is 2.90. The number of carbonyl (C=O) groups excluding carboxylic acids is 2. The van der Waals surface area contributed by atoms with Gasteiger partial charge in [0.25, 0.3) is 0 Å². The van der Waals surface area contributed by atoms with E-state index in [-0.39, 0.29) is 26.1 Å². The van der Waals surface area contributed by atoms with Crippen molar-refractivity contribution in [2.45, 2.75) is 26.7 Å². The molecule has 0 rings (SSSR count). The third-order valence-corrected chi connectivity index (χ3v) is 1.62. The Labute approximate surface area is 94.6 Å². The van der Waals surface area contributed by atoms with Gasteiger partial charge in [-0.1, -0.05) is 0 Å². The smallest absolute Gasteiger partial charge is 0.309 e. The molecular weight excluding hydrogens is 210 g/mol. The van der Waals surface area contributed by atoms with Gasteiger partial charge in [0, 0.05) is 6.08 Å². The summed E-state index contributed by atoms with van der Waals surface area (Å²) in [5, 5.41) is 8.49. The molecule has 0 amide bonds. The van der Waals surface area contributed by atoms with Crippen molar-refractivity contribution in [1.29, 1.82) is 5.26 Å². The van der Waals surface area contributed by atoms with E-state index in [1.165, 1.54) is 6.08 Å². The highest BCUT2D eigenvalue weighted by atomic mass is 16.5. The van der Waals surface area contributed by atoms with Gasteiger partial charge in [0.2, 0.25) is 0 Å². The van der Waals surface area contributed by atoms with Crippen molar-refractivity contribution in [3.8, 4) is 6.07 Å². The van der Waals surface area contributed by atoms with Gasteiger partial charge in [0.1, 0.15) is 0 Å². The molecule has 0 saturated carbocycles. The molecule has 0 aromatic rings. The minimum atomic E-state index is -0.451. The molecule has 0 bridgehead atoms. The lowest BCUT2D eigenvalue weighted by atomic mass is 10.1. The number of ether oxygens (including phenoxy) is 2. The van der Waals surface area contributed by atoms with E-state index in [0.717, 1.165) is 0 Å². The summed E-state index contributed by atoms with van der Waals surface area (Å²) >= 11 is 0. The maximum Gasteiger partial charge on any atom is 0.309 e. The molecule has 16 heavy (non-hydrogen) atoms. The lowest BCUT2D eigenvalue weighted by Crippen LogP contribution is -2.10. The highest BCUT2D eigenvalue weighted by molar-refractivity contribution is 5.78. The van der Waals surface area contributed by atoms with Crippen LogP contribution in [-0.4, -0.2) is 25.2 Å². The fourth-order valence-electron chi connectivity index (χ4n) is 1.05. The largest absolute Gasteiger partial charge is 0.466 e. The molecule has 0 heterocycles. The van der Waals surface area contributed by atoms with Crippen LogP contribution in [0.2, 0.25) is 0 Å². The number of carbonyl (C=O) groups is 2. The summed E-state index contributed by atoms with van der Waals surface area (Å²) in [6.07, 6.45) is 1.06. The Morgan fingerprint density at radius 2 is 1.56 bits per heavy atom. The number of nitrogens with zero attached hydrogens (tertiary/aromatic N) is 1. The van der Waals surface area contributed by atoms with Crippen molar-refractivity contribution in [1.82, 2.24) is 0 Å². The van der Waals surface area contributed by atoms with Crippen molar-refractivity contribution in [3.63, 3.8) is 0 Å². The predicted octanol–water partition coefficient (Wildman–Crippen LogP) is 1.34. The molecule has 5 nitrogen and oxygen atoms in total. The Hall–Kier alpha value is -1.83. The van der Waals surface area contributed by atoms with Crippen molar-refractivity contribution in [2.24, 2.45) is 0 Å². The molecule has 0 spiro atoms.